The maximum Gasteiger partial charge on any atom is 0.339 e. The number of carbonyl (C=O) groups is 1. The summed E-state index contributed by atoms with van der Waals surface area (Å²) in [6.45, 7) is 12.6. The molecule has 0 atom stereocenters. The van der Waals surface area contributed by atoms with Gasteiger partial charge in [0.25, 0.3) is 0 Å². The van der Waals surface area contributed by atoms with Gasteiger partial charge in [0.05, 0.1) is 0 Å². The smallest absolute Gasteiger partial charge is 0.339 e. The lowest BCUT2D eigenvalue weighted by molar-refractivity contribution is -0.133. The monoisotopic (exact) mass is 375 g/mol. The van der Waals surface area contributed by atoms with Crippen LogP contribution in [-0.4, -0.2) is 13.0 Å². The molecule has 0 aromatic heterocycles. The molecule has 28 heavy (non-hydrogen) atoms. The minimum Gasteiger partial charge on any atom is -0.423 e. The molecule has 146 valence electrons. The van der Waals surface area contributed by atoms with Crippen LogP contribution >= 0.6 is 0 Å². The van der Waals surface area contributed by atoms with E-state index in [0.29, 0.717) is 11.3 Å². The van der Waals surface area contributed by atoms with E-state index < -0.39 is 0 Å². The molecule has 1 aromatic rings. The molecule has 0 radical (unpaired) electrons. The Kier molecular flexibility index (Phi) is 5.46. The third kappa shape index (κ3) is 3.37. The van der Waals surface area contributed by atoms with Crippen LogP contribution in [0.25, 0.3) is 0 Å². The first-order valence-corrected chi connectivity index (χ1v) is 9.71. The molecule has 0 aliphatic carbocycles. The zero-order valence-corrected chi connectivity index (χ0v) is 17.9. The Morgan fingerprint density at radius 2 is 1.39 bits per heavy atom. The molecule has 2 aliphatic rings. The van der Waals surface area contributed by atoms with Gasteiger partial charge in [-0.1, -0.05) is 24.3 Å². The first-order chi connectivity index (χ1) is 13.2. The number of esters is 1. The van der Waals surface area contributed by atoms with Crippen molar-refractivity contribution in [1.82, 2.24) is 0 Å². The number of benzene rings is 1. The van der Waals surface area contributed by atoms with Crippen LogP contribution in [0.1, 0.15) is 41.7 Å². The van der Waals surface area contributed by atoms with E-state index in [0.717, 1.165) is 12.0 Å². The van der Waals surface area contributed by atoms with Gasteiger partial charge in [-0.15, -0.1) is 0 Å². The number of anilines is 1. The number of hydrogen-bond donors (Lipinski definition) is 0. The third-order valence-electron chi connectivity index (χ3n) is 6.22. The van der Waals surface area contributed by atoms with Crippen molar-refractivity contribution in [3.8, 4) is 0 Å². The van der Waals surface area contributed by atoms with Crippen LogP contribution in [0.2, 0.25) is 0 Å². The van der Waals surface area contributed by atoms with Gasteiger partial charge in [-0.05, 0) is 81.5 Å². The number of allylic oxidation sites excluding steroid dienone is 8. The topological polar surface area (TPSA) is 29.5 Å². The van der Waals surface area contributed by atoms with E-state index in [1.165, 1.54) is 39.2 Å². The van der Waals surface area contributed by atoms with Gasteiger partial charge >= 0.3 is 5.97 Å². The van der Waals surface area contributed by atoms with Crippen molar-refractivity contribution in [2.24, 2.45) is 0 Å². The molecule has 3 rings (SSSR count). The molecule has 3 nitrogen and oxygen atoms in total. The number of carbonyl (C=O) groups excluding carboxylic acids is 1. The van der Waals surface area contributed by atoms with Crippen LogP contribution in [0.3, 0.4) is 0 Å². The average Bonchev–Trinajstić information content (AvgIpc) is 3.13. The Balaban J connectivity index is 1.73. The average molecular weight is 376 g/mol. The quantitative estimate of drug-likeness (QED) is 0.502. The van der Waals surface area contributed by atoms with Crippen LogP contribution in [0.15, 0.2) is 59.1 Å². The Morgan fingerprint density at radius 1 is 0.786 bits per heavy atom. The van der Waals surface area contributed by atoms with Crippen molar-refractivity contribution >= 4 is 11.7 Å². The van der Waals surface area contributed by atoms with Gasteiger partial charge in [0.2, 0.25) is 0 Å². The molecular weight excluding hydrogens is 346 g/mol. The van der Waals surface area contributed by atoms with Gasteiger partial charge in [-0.2, -0.15) is 0 Å². The predicted molar refractivity (Wildman–Crippen MR) is 116 cm³/mol. The van der Waals surface area contributed by atoms with Crippen molar-refractivity contribution in [2.75, 3.05) is 11.9 Å². The Labute approximate surface area is 168 Å². The lowest BCUT2D eigenvalue weighted by Gasteiger charge is -2.20. The number of nitrogens with zero attached hydrogens (tertiary/aromatic N) is 1. The van der Waals surface area contributed by atoms with Crippen LogP contribution in [-0.2, 0) is 16.0 Å². The summed E-state index contributed by atoms with van der Waals surface area (Å²) in [5.74, 6) is 0.380. The number of hydrogen-bond acceptors (Lipinski definition) is 3. The molecule has 0 spiro atoms. The maximum atomic E-state index is 11.5. The first kappa shape index (κ1) is 19.9. The summed E-state index contributed by atoms with van der Waals surface area (Å²) in [6.07, 6.45) is 12.9. The summed E-state index contributed by atoms with van der Waals surface area (Å²) >= 11 is 0. The van der Waals surface area contributed by atoms with Crippen LogP contribution in [0, 0.1) is 27.7 Å². The number of likely N-dealkylation sites (N-methyl/N-ethyl adjacent to an activating group) is 1. The molecule has 0 bridgehead atoms. The van der Waals surface area contributed by atoms with Gasteiger partial charge < -0.3 is 9.64 Å². The Bertz CT molecular complexity index is 1000. The Hall–Kier alpha value is -2.81. The highest BCUT2D eigenvalue weighted by Gasteiger charge is 2.26. The maximum absolute atomic E-state index is 11.5. The van der Waals surface area contributed by atoms with Gasteiger partial charge in [-0.25, -0.2) is 4.79 Å². The molecule has 0 saturated heterocycles. The molecule has 0 unspecified atom stereocenters. The van der Waals surface area contributed by atoms with Crippen molar-refractivity contribution in [3.63, 3.8) is 0 Å². The molecule has 3 heteroatoms. The lowest BCUT2D eigenvalue weighted by Crippen LogP contribution is -2.12. The SMILES string of the molecule is CC1=C(C)\C(=C/C=C/C=C/C=C2\Cc3c(C)c(C)c(C)c(C)c3N2C)OC1=O. The van der Waals surface area contributed by atoms with Gasteiger partial charge in [-0.3, -0.25) is 0 Å². The Morgan fingerprint density at radius 3 is 2.00 bits per heavy atom. The van der Waals surface area contributed by atoms with E-state index in [1.807, 2.05) is 31.2 Å². The van der Waals surface area contributed by atoms with Crippen LogP contribution < -0.4 is 4.90 Å². The minimum absolute atomic E-state index is 0.252. The van der Waals surface area contributed by atoms with Crippen LogP contribution in [0.4, 0.5) is 5.69 Å². The number of fused-ring (bicyclic) bond motifs is 1. The van der Waals surface area contributed by atoms with E-state index in [-0.39, 0.29) is 5.97 Å². The van der Waals surface area contributed by atoms with Crippen molar-refractivity contribution in [1.29, 1.82) is 0 Å². The molecular formula is C25H29NO2. The lowest BCUT2D eigenvalue weighted by atomic mass is 9.92. The van der Waals surface area contributed by atoms with E-state index in [1.54, 1.807) is 6.92 Å². The highest BCUT2D eigenvalue weighted by atomic mass is 16.5. The number of ether oxygens (including phenoxy) is 1. The second kappa shape index (κ2) is 7.67. The zero-order chi connectivity index (χ0) is 20.6. The molecule has 1 aromatic carbocycles. The van der Waals surface area contributed by atoms with Crippen molar-refractivity contribution in [3.05, 3.63) is 86.9 Å². The normalized spacial score (nSPS) is 19.8. The van der Waals surface area contributed by atoms with Crippen LogP contribution in [0.5, 0.6) is 0 Å². The molecule has 0 saturated carbocycles. The molecule has 2 aliphatic heterocycles. The van der Waals surface area contributed by atoms with Gasteiger partial charge in [0, 0.05) is 36.0 Å². The van der Waals surface area contributed by atoms with E-state index >= 15 is 0 Å². The standard InChI is InChI=1S/C25H29NO2/c1-15-16(2)19(5)24-22(17(15)3)14-21(26(24)7)12-10-8-9-11-13-23-18(4)20(6)25(27)28-23/h8-13H,14H2,1-7H3/b10-8+,11-9+,21-12+,23-13+. The van der Waals surface area contributed by atoms with Gasteiger partial charge in [0.1, 0.15) is 5.76 Å². The predicted octanol–water partition coefficient (Wildman–Crippen LogP) is 5.69. The zero-order valence-electron chi connectivity index (χ0n) is 17.9. The van der Waals surface area contributed by atoms with E-state index in [9.17, 15) is 4.79 Å². The molecule has 0 amide bonds. The summed E-state index contributed by atoms with van der Waals surface area (Å²) in [5, 5.41) is 0. The van der Waals surface area contributed by atoms with Crippen molar-refractivity contribution < 1.29 is 9.53 Å². The minimum atomic E-state index is -0.252. The fourth-order valence-electron chi connectivity index (χ4n) is 3.84. The molecule has 2 heterocycles. The number of rotatable bonds is 3. The summed E-state index contributed by atoms with van der Waals surface area (Å²) < 4.78 is 5.22. The number of cyclic esters (lactones) is 1. The van der Waals surface area contributed by atoms with Crippen molar-refractivity contribution in [2.45, 2.75) is 48.0 Å². The molecule has 0 fully saturated rings. The molecule has 0 N–H and O–H groups in total. The summed E-state index contributed by atoms with van der Waals surface area (Å²) in [5.41, 5.74) is 11.3. The summed E-state index contributed by atoms with van der Waals surface area (Å²) in [6, 6.07) is 0. The summed E-state index contributed by atoms with van der Waals surface area (Å²) in [4.78, 5) is 13.8. The first-order valence-electron chi connectivity index (χ1n) is 9.71. The highest BCUT2D eigenvalue weighted by Crippen LogP contribution is 2.41. The van der Waals surface area contributed by atoms with E-state index in [2.05, 4.69) is 51.8 Å². The third-order valence-corrected chi connectivity index (χ3v) is 6.22. The second-order valence-electron chi connectivity index (χ2n) is 7.66. The van der Waals surface area contributed by atoms with E-state index in [4.69, 9.17) is 4.74 Å². The van der Waals surface area contributed by atoms with Gasteiger partial charge in [0.15, 0.2) is 0 Å². The fraction of sp³-hybridized carbons (Fsp3) is 0.320. The largest absolute Gasteiger partial charge is 0.423 e. The summed E-state index contributed by atoms with van der Waals surface area (Å²) in [7, 11) is 2.15. The second-order valence-corrected chi connectivity index (χ2v) is 7.66. The highest BCUT2D eigenvalue weighted by molar-refractivity contribution is 5.93. The fourth-order valence-corrected chi connectivity index (χ4v) is 3.84.